The quantitative estimate of drug-likeness (QED) is 0.868. The number of hydrogen-bond acceptors (Lipinski definition) is 5. The van der Waals surface area contributed by atoms with Crippen molar-refractivity contribution in [2.24, 2.45) is 0 Å². The Morgan fingerprint density at radius 3 is 2.82 bits per heavy atom. The smallest absolute Gasteiger partial charge is 0.254 e. The first-order chi connectivity index (χ1) is 10.7. The fraction of sp³-hybridized carbons (Fsp3) is 0.438. The molecule has 1 fully saturated rings. The van der Waals surface area contributed by atoms with Crippen molar-refractivity contribution in [2.45, 2.75) is 32.4 Å². The van der Waals surface area contributed by atoms with Gasteiger partial charge >= 0.3 is 0 Å². The van der Waals surface area contributed by atoms with Crippen LogP contribution in [0.3, 0.4) is 0 Å². The largest absolute Gasteiger partial charge is 0.380 e. The zero-order valence-corrected chi connectivity index (χ0v) is 12.8. The Hall–Kier alpha value is -2.21. The number of hydrogen-bond donors (Lipinski definition) is 0. The summed E-state index contributed by atoms with van der Waals surface area (Å²) in [4.78, 5) is 18.8. The average Bonchev–Trinajstić information content (AvgIpc) is 3.16. The molecule has 1 amide bonds. The maximum Gasteiger partial charge on any atom is 0.254 e. The van der Waals surface area contributed by atoms with Crippen LogP contribution in [-0.4, -0.2) is 34.6 Å². The molecule has 0 radical (unpaired) electrons. The Balaban J connectivity index is 1.78. The lowest BCUT2D eigenvalue weighted by Gasteiger charge is -2.22. The van der Waals surface area contributed by atoms with Crippen LogP contribution in [0.5, 0.6) is 0 Å². The van der Waals surface area contributed by atoms with Gasteiger partial charge in [-0.2, -0.15) is 4.98 Å². The van der Waals surface area contributed by atoms with Gasteiger partial charge in [0.2, 0.25) is 5.89 Å². The number of likely N-dealkylation sites (tertiary alicyclic amines) is 1. The van der Waals surface area contributed by atoms with E-state index >= 15 is 0 Å². The van der Waals surface area contributed by atoms with Crippen LogP contribution in [0.25, 0.3) is 0 Å². The second-order valence-electron chi connectivity index (χ2n) is 5.46. The molecule has 1 aliphatic rings. The monoisotopic (exact) mass is 301 g/mol. The van der Waals surface area contributed by atoms with Gasteiger partial charge in [0.15, 0.2) is 5.82 Å². The van der Waals surface area contributed by atoms with Gasteiger partial charge in [0.1, 0.15) is 0 Å². The van der Waals surface area contributed by atoms with Crippen LogP contribution in [-0.2, 0) is 11.3 Å². The van der Waals surface area contributed by atoms with E-state index in [1.165, 1.54) is 0 Å². The summed E-state index contributed by atoms with van der Waals surface area (Å²) in [5, 5.41) is 3.97. The average molecular weight is 301 g/mol. The van der Waals surface area contributed by atoms with E-state index in [0.29, 0.717) is 23.9 Å². The second kappa shape index (κ2) is 6.27. The SMILES string of the molecule is COCc1ccc(C(=O)N2CCC[C@H]2c2noc(C)n2)cc1. The molecule has 116 valence electrons. The number of methoxy groups -OCH3 is 1. The standard InChI is InChI=1S/C16H19N3O3/c1-11-17-15(18-22-11)14-4-3-9-19(14)16(20)13-7-5-12(6-8-13)10-21-2/h5-8,14H,3-4,9-10H2,1-2H3/t14-/m0/s1. The number of aryl methyl sites for hydroxylation is 1. The molecule has 0 bridgehead atoms. The van der Waals surface area contributed by atoms with E-state index in [-0.39, 0.29) is 11.9 Å². The van der Waals surface area contributed by atoms with E-state index in [1.54, 1.807) is 14.0 Å². The summed E-state index contributed by atoms with van der Waals surface area (Å²) in [5.74, 6) is 1.13. The molecule has 0 unspecified atom stereocenters. The maximum absolute atomic E-state index is 12.7. The van der Waals surface area contributed by atoms with Gasteiger partial charge in [0.05, 0.1) is 12.6 Å². The molecular weight excluding hydrogens is 282 g/mol. The lowest BCUT2D eigenvalue weighted by molar-refractivity contribution is 0.0728. The maximum atomic E-state index is 12.7. The third kappa shape index (κ3) is 2.87. The molecule has 0 saturated carbocycles. The van der Waals surface area contributed by atoms with Crippen LogP contribution in [0.1, 0.15) is 46.5 Å². The molecule has 1 saturated heterocycles. The number of carbonyl (C=O) groups excluding carboxylic acids is 1. The van der Waals surface area contributed by atoms with Gasteiger partial charge in [-0.1, -0.05) is 17.3 Å². The van der Waals surface area contributed by atoms with E-state index in [2.05, 4.69) is 10.1 Å². The van der Waals surface area contributed by atoms with Crippen molar-refractivity contribution in [3.05, 3.63) is 47.1 Å². The van der Waals surface area contributed by atoms with Crippen molar-refractivity contribution >= 4 is 5.91 Å². The molecule has 1 aromatic carbocycles. The summed E-state index contributed by atoms with van der Waals surface area (Å²) in [6.45, 7) is 3.02. The van der Waals surface area contributed by atoms with Crippen molar-refractivity contribution in [3.8, 4) is 0 Å². The van der Waals surface area contributed by atoms with E-state index in [4.69, 9.17) is 9.26 Å². The van der Waals surface area contributed by atoms with Gasteiger partial charge in [0, 0.05) is 26.1 Å². The fourth-order valence-electron chi connectivity index (χ4n) is 2.80. The molecule has 0 N–H and O–H groups in total. The Morgan fingerprint density at radius 1 is 1.41 bits per heavy atom. The molecule has 1 aromatic heterocycles. The molecule has 22 heavy (non-hydrogen) atoms. The highest BCUT2D eigenvalue weighted by Crippen LogP contribution is 2.31. The highest BCUT2D eigenvalue weighted by Gasteiger charge is 2.33. The normalized spacial score (nSPS) is 17.9. The molecule has 3 rings (SSSR count). The molecule has 2 aromatic rings. The first-order valence-corrected chi connectivity index (χ1v) is 7.38. The van der Waals surface area contributed by atoms with Gasteiger partial charge in [-0.25, -0.2) is 0 Å². The zero-order valence-electron chi connectivity index (χ0n) is 12.8. The van der Waals surface area contributed by atoms with Crippen molar-refractivity contribution < 1.29 is 14.1 Å². The molecule has 6 heteroatoms. The summed E-state index contributed by atoms with van der Waals surface area (Å²) in [6.07, 6.45) is 1.82. The van der Waals surface area contributed by atoms with E-state index in [0.717, 1.165) is 24.9 Å². The number of carbonyl (C=O) groups is 1. The van der Waals surface area contributed by atoms with Crippen LogP contribution in [0.15, 0.2) is 28.8 Å². The minimum absolute atomic E-state index is 0.00826. The van der Waals surface area contributed by atoms with Crippen molar-refractivity contribution in [1.82, 2.24) is 15.0 Å². The third-order valence-corrected chi connectivity index (χ3v) is 3.87. The van der Waals surface area contributed by atoms with Gasteiger partial charge < -0.3 is 14.2 Å². The Kier molecular flexibility index (Phi) is 4.20. The molecule has 0 spiro atoms. The highest BCUT2D eigenvalue weighted by molar-refractivity contribution is 5.94. The molecule has 6 nitrogen and oxygen atoms in total. The fourth-order valence-corrected chi connectivity index (χ4v) is 2.80. The van der Waals surface area contributed by atoms with Crippen LogP contribution >= 0.6 is 0 Å². The number of aromatic nitrogens is 2. The molecule has 1 atom stereocenters. The lowest BCUT2D eigenvalue weighted by atomic mass is 10.1. The topological polar surface area (TPSA) is 68.5 Å². The van der Waals surface area contributed by atoms with E-state index in [9.17, 15) is 4.79 Å². The summed E-state index contributed by atoms with van der Waals surface area (Å²) in [5.41, 5.74) is 1.72. The Bertz CT molecular complexity index is 651. The summed E-state index contributed by atoms with van der Waals surface area (Å²) >= 11 is 0. The summed E-state index contributed by atoms with van der Waals surface area (Å²) < 4.78 is 10.1. The summed E-state index contributed by atoms with van der Waals surface area (Å²) in [7, 11) is 1.65. The molecule has 0 aliphatic carbocycles. The number of ether oxygens (including phenoxy) is 1. The summed E-state index contributed by atoms with van der Waals surface area (Å²) in [6, 6.07) is 7.42. The van der Waals surface area contributed by atoms with Crippen LogP contribution < -0.4 is 0 Å². The predicted octanol–water partition coefficient (Wildman–Crippen LogP) is 2.50. The Morgan fingerprint density at radius 2 is 2.18 bits per heavy atom. The third-order valence-electron chi connectivity index (χ3n) is 3.87. The molecular formula is C16H19N3O3. The molecule has 1 aliphatic heterocycles. The predicted molar refractivity (Wildman–Crippen MR) is 79.2 cm³/mol. The van der Waals surface area contributed by atoms with Crippen molar-refractivity contribution in [1.29, 1.82) is 0 Å². The minimum Gasteiger partial charge on any atom is -0.380 e. The van der Waals surface area contributed by atoms with Crippen molar-refractivity contribution in [2.75, 3.05) is 13.7 Å². The van der Waals surface area contributed by atoms with Gasteiger partial charge in [0.25, 0.3) is 5.91 Å². The number of nitrogens with zero attached hydrogens (tertiary/aromatic N) is 3. The van der Waals surface area contributed by atoms with Crippen LogP contribution in [0.4, 0.5) is 0 Å². The van der Waals surface area contributed by atoms with E-state index in [1.807, 2.05) is 29.2 Å². The number of benzene rings is 1. The van der Waals surface area contributed by atoms with E-state index < -0.39 is 0 Å². The van der Waals surface area contributed by atoms with Crippen LogP contribution in [0, 0.1) is 6.92 Å². The van der Waals surface area contributed by atoms with Crippen molar-refractivity contribution in [3.63, 3.8) is 0 Å². The first-order valence-electron chi connectivity index (χ1n) is 7.38. The first kappa shape index (κ1) is 14.7. The zero-order chi connectivity index (χ0) is 15.5. The highest BCUT2D eigenvalue weighted by atomic mass is 16.5. The molecule has 2 heterocycles. The van der Waals surface area contributed by atoms with Gasteiger partial charge in [-0.15, -0.1) is 0 Å². The van der Waals surface area contributed by atoms with Gasteiger partial charge in [-0.05, 0) is 30.5 Å². The van der Waals surface area contributed by atoms with Gasteiger partial charge in [-0.3, -0.25) is 4.79 Å². The lowest BCUT2D eigenvalue weighted by Crippen LogP contribution is -2.31. The minimum atomic E-state index is -0.0939. The Labute approximate surface area is 129 Å². The second-order valence-corrected chi connectivity index (χ2v) is 5.46. The van der Waals surface area contributed by atoms with Crippen LogP contribution in [0.2, 0.25) is 0 Å². The number of rotatable bonds is 4. The number of amides is 1.